The van der Waals surface area contributed by atoms with Gasteiger partial charge in [-0.3, -0.25) is 13.9 Å². The van der Waals surface area contributed by atoms with E-state index in [0.29, 0.717) is 24.5 Å². The van der Waals surface area contributed by atoms with Gasteiger partial charge in [-0.25, -0.2) is 4.98 Å². The van der Waals surface area contributed by atoms with Gasteiger partial charge in [0.1, 0.15) is 4.70 Å². The molecule has 0 atom stereocenters. The van der Waals surface area contributed by atoms with E-state index in [9.17, 15) is 4.79 Å². The molecule has 0 fully saturated rings. The van der Waals surface area contributed by atoms with E-state index < -0.39 is 0 Å². The zero-order valence-corrected chi connectivity index (χ0v) is 18.4. The molecule has 8 heteroatoms. The summed E-state index contributed by atoms with van der Waals surface area (Å²) in [4.78, 5) is 17.7. The van der Waals surface area contributed by atoms with Crippen molar-refractivity contribution < 1.29 is 0 Å². The topological polar surface area (TPSA) is 39.8 Å². The maximum absolute atomic E-state index is 12.9. The average Bonchev–Trinajstić information content (AvgIpc) is 3.01. The van der Waals surface area contributed by atoms with E-state index in [1.807, 2.05) is 28.8 Å². The molecule has 0 aliphatic heterocycles. The fourth-order valence-corrected chi connectivity index (χ4v) is 5.39. The largest absolute Gasteiger partial charge is 0.289 e. The number of thioether (sulfide) groups is 1. The summed E-state index contributed by atoms with van der Waals surface area (Å²) in [5, 5.41) is 1.31. The Morgan fingerprint density at radius 2 is 1.89 bits per heavy atom. The van der Waals surface area contributed by atoms with Gasteiger partial charge in [0.25, 0.3) is 5.56 Å². The van der Waals surface area contributed by atoms with Crippen LogP contribution in [0.1, 0.15) is 11.1 Å². The number of hydrogen-bond acceptors (Lipinski definition) is 5. The molecule has 0 aliphatic rings. The van der Waals surface area contributed by atoms with Gasteiger partial charge in [-0.05, 0) is 54.5 Å². The first-order chi connectivity index (χ1) is 13.5. The van der Waals surface area contributed by atoms with Crippen LogP contribution in [0.15, 0.2) is 58.5 Å². The zero-order valence-electron chi connectivity index (χ0n) is 15.2. The van der Waals surface area contributed by atoms with E-state index in [0.717, 1.165) is 11.4 Å². The first-order valence-corrected chi connectivity index (χ1v) is 11.1. The first kappa shape index (κ1) is 19.4. The highest BCUT2D eigenvalue weighted by Crippen LogP contribution is 2.28. The van der Waals surface area contributed by atoms with Gasteiger partial charge in [0.2, 0.25) is 0 Å². The fraction of sp³-hybridized carbons (Fsp3) is 0.150. The normalized spacial score (nSPS) is 11.2. The van der Waals surface area contributed by atoms with E-state index in [4.69, 9.17) is 28.8 Å². The van der Waals surface area contributed by atoms with Gasteiger partial charge in [-0.1, -0.05) is 59.0 Å². The van der Waals surface area contributed by atoms with Gasteiger partial charge in [-0.2, -0.15) is 0 Å². The average molecular weight is 446 g/mol. The highest BCUT2D eigenvalue weighted by Gasteiger charge is 2.16. The Balaban J connectivity index is 1.82. The lowest BCUT2D eigenvalue weighted by Gasteiger charge is -2.10. The lowest BCUT2D eigenvalue weighted by Crippen LogP contribution is -2.19. The molecule has 142 valence electrons. The van der Waals surface area contributed by atoms with Crippen molar-refractivity contribution >= 4 is 57.3 Å². The van der Waals surface area contributed by atoms with Gasteiger partial charge in [0.15, 0.2) is 14.8 Å². The molecule has 0 radical (unpaired) electrons. The van der Waals surface area contributed by atoms with Crippen LogP contribution in [0.2, 0.25) is 5.02 Å². The molecule has 4 nitrogen and oxygen atoms in total. The molecule has 2 heterocycles. The smallest absolute Gasteiger partial charge is 0.273 e. The first-order valence-electron chi connectivity index (χ1n) is 8.51. The van der Waals surface area contributed by atoms with Crippen molar-refractivity contribution in [3.05, 3.63) is 79.0 Å². The van der Waals surface area contributed by atoms with Crippen molar-refractivity contribution in [2.75, 3.05) is 0 Å². The maximum Gasteiger partial charge on any atom is 0.273 e. The maximum atomic E-state index is 12.9. The van der Waals surface area contributed by atoms with Crippen LogP contribution in [-0.4, -0.2) is 14.1 Å². The number of aryl methyl sites for hydroxylation is 1. The Bertz CT molecular complexity index is 1290. The number of rotatable bonds is 4. The van der Waals surface area contributed by atoms with Crippen LogP contribution in [0, 0.1) is 10.9 Å². The van der Waals surface area contributed by atoms with Crippen LogP contribution in [0.25, 0.3) is 16.0 Å². The van der Waals surface area contributed by atoms with Crippen LogP contribution >= 0.6 is 46.9 Å². The Morgan fingerprint density at radius 3 is 2.61 bits per heavy atom. The number of halogens is 1. The second-order valence-corrected chi connectivity index (χ2v) is 9.33. The molecule has 2 aromatic heterocycles. The quantitative estimate of drug-likeness (QED) is 0.227. The van der Waals surface area contributed by atoms with Crippen LogP contribution in [0.4, 0.5) is 0 Å². The number of benzene rings is 2. The molecule has 0 saturated carbocycles. The predicted octanol–water partition coefficient (Wildman–Crippen LogP) is 5.77. The van der Waals surface area contributed by atoms with E-state index >= 15 is 0 Å². The number of fused-ring (bicyclic) bond motifs is 1. The molecule has 28 heavy (non-hydrogen) atoms. The molecule has 2 aromatic carbocycles. The zero-order chi connectivity index (χ0) is 19.8. The van der Waals surface area contributed by atoms with Gasteiger partial charge in [-0.15, -0.1) is 0 Å². The van der Waals surface area contributed by atoms with Gasteiger partial charge in [0, 0.05) is 23.5 Å². The molecule has 0 bridgehead atoms. The molecule has 0 aliphatic carbocycles. The van der Waals surface area contributed by atoms with E-state index in [-0.39, 0.29) is 5.56 Å². The molecule has 0 spiro atoms. The van der Waals surface area contributed by atoms with E-state index in [1.54, 1.807) is 35.5 Å². The molecule has 4 rings (SSSR count). The second kappa shape index (κ2) is 7.83. The number of aromatic nitrogens is 3. The predicted molar refractivity (Wildman–Crippen MR) is 121 cm³/mol. The van der Waals surface area contributed by atoms with E-state index in [1.165, 1.54) is 22.5 Å². The molecule has 4 aromatic rings. The van der Waals surface area contributed by atoms with Crippen molar-refractivity contribution in [1.82, 2.24) is 14.1 Å². The summed E-state index contributed by atoms with van der Waals surface area (Å²) < 4.78 is 4.58. The van der Waals surface area contributed by atoms with Crippen molar-refractivity contribution in [3.63, 3.8) is 0 Å². The molecule has 0 unspecified atom stereocenters. The summed E-state index contributed by atoms with van der Waals surface area (Å²) in [5.74, 6) is 0.740. The molecular weight excluding hydrogens is 430 g/mol. The minimum absolute atomic E-state index is 0.0823. The second-order valence-electron chi connectivity index (χ2n) is 6.31. The number of hydrogen-bond donors (Lipinski definition) is 0. The highest BCUT2D eigenvalue weighted by atomic mass is 35.5. The Morgan fingerprint density at radius 1 is 1.18 bits per heavy atom. The van der Waals surface area contributed by atoms with Gasteiger partial charge in [0.05, 0.1) is 0 Å². The SMILES string of the molecule is Cc1ccccc1CSc1nc2c(sc(=S)n2-c2ccc(Cl)cc2)c(=O)n1C. The minimum atomic E-state index is -0.0823. The summed E-state index contributed by atoms with van der Waals surface area (Å²) in [6.07, 6.45) is 0. The third-order valence-corrected chi connectivity index (χ3v) is 7.16. The molecule has 0 amide bonds. The van der Waals surface area contributed by atoms with Crippen LogP contribution in [0.3, 0.4) is 0 Å². The van der Waals surface area contributed by atoms with Crippen molar-refractivity contribution in [2.45, 2.75) is 17.8 Å². The standard InChI is InChI=1S/C20H16ClN3OS3/c1-12-5-3-4-6-13(12)11-27-19-22-17-16(18(25)23(19)2)28-20(26)24(17)15-9-7-14(21)8-10-15/h3-10H,11H2,1-2H3. The van der Waals surface area contributed by atoms with Crippen molar-refractivity contribution in [1.29, 1.82) is 0 Å². The molecule has 0 saturated heterocycles. The fourth-order valence-electron chi connectivity index (χ4n) is 2.87. The summed E-state index contributed by atoms with van der Waals surface area (Å²) in [5.41, 5.74) is 3.80. The third kappa shape index (κ3) is 3.55. The minimum Gasteiger partial charge on any atom is -0.289 e. The summed E-state index contributed by atoms with van der Waals surface area (Å²) in [6, 6.07) is 15.6. The van der Waals surface area contributed by atoms with Gasteiger partial charge < -0.3 is 0 Å². The highest BCUT2D eigenvalue weighted by molar-refractivity contribution is 7.98. The Hall–Kier alpha value is -1.93. The van der Waals surface area contributed by atoms with Crippen LogP contribution in [-0.2, 0) is 12.8 Å². The monoisotopic (exact) mass is 445 g/mol. The Kier molecular flexibility index (Phi) is 5.42. The number of nitrogens with zero attached hydrogens (tertiary/aromatic N) is 3. The Labute approximate surface area is 180 Å². The van der Waals surface area contributed by atoms with Crippen LogP contribution in [0.5, 0.6) is 0 Å². The summed E-state index contributed by atoms with van der Waals surface area (Å²) >= 11 is 14.4. The van der Waals surface area contributed by atoms with Crippen LogP contribution < -0.4 is 5.56 Å². The molecule has 0 N–H and O–H groups in total. The van der Waals surface area contributed by atoms with Crippen molar-refractivity contribution in [2.24, 2.45) is 7.05 Å². The summed E-state index contributed by atoms with van der Waals surface area (Å²) in [6.45, 7) is 2.09. The number of thiazole rings is 1. The summed E-state index contributed by atoms with van der Waals surface area (Å²) in [7, 11) is 1.75. The lowest BCUT2D eigenvalue weighted by molar-refractivity contribution is 0.722. The van der Waals surface area contributed by atoms with Crippen molar-refractivity contribution in [3.8, 4) is 5.69 Å². The third-order valence-electron chi connectivity index (χ3n) is 4.48. The lowest BCUT2D eigenvalue weighted by atomic mass is 10.1. The molecular formula is C20H16ClN3OS3. The van der Waals surface area contributed by atoms with Gasteiger partial charge >= 0.3 is 0 Å². The van der Waals surface area contributed by atoms with E-state index in [2.05, 4.69) is 19.1 Å².